The predicted octanol–water partition coefficient (Wildman–Crippen LogP) is 3.47. The van der Waals surface area contributed by atoms with E-state index < -0.39 is 12.0 Å². The Bertz CT molecular complexity index is 1240. The monoisotopic (exact) mass is 433 g/mol. The molecule has 0 amide bonds. The van der Waals surface area contributed by atoms with E-state index in [1.807, 2.05) is 23.6 Å². The van der Waals surface area contributed by atoms with E-state index in [4.69, 9.17) is 10.7 Å². The van der Waals surface area contributed by atoms with Gasteiger partial charge in [-0.15, -0.1) is 21.5 Å². The van der Waals surface area contributed by atoms with E-state index in [0.717, 1.165) is 45.2 Å². The normalized spacial score (nSPS) is 14.7. The molecule has 0 radical (unpaired) electrons. The van der Waals surface area contributed by atoms with Crippen molar-refractivity contribution >= 4 is 23.0 Å². The fourth-order valence-corrected chi connectivity index (χ4v) is 5.01. The molecule has 0 bridgehead atoms. The third-order valence-electron chi connectivity index (χ3n) is 5.48. The zero-order chi connectivity index (χ0) is 22.1. The number of nitrogens with two attached hydrogens (primary N) is 1. The van der Waals surface area contributed by atoms with Crippen LogP contribution in [0.1, 0.15) is 57.7 Å². The van der Waals surface area contributed by atoms with Crippen molar-refractivity contribution in [2.45, 2.75) is 46.1 Å². The number of hydrogen-bond acceptors (Lipinski definition) is 6. The number of benzene rings is 1. The summed E-state index contributed by atoms with van der Waals surface area (Å²) < 4.78 is 1.96. The van der Waals surface area contributed by atoms with Crippen LogP contribution in [0.3, 0.4) is 0 Å². The Balaban J connectivity index is 1.87. The molecule has 158 valence electrons. The number of carboxylic acid groups (broad SMARTS) is 1. The molecule has 0 fully saturated rings. The zero-order valence-corrected chi connectivity index (χ0v) is 18.5. The van der Waals surface area contributed by atoms with Gasteiger partial charge in [-0.05, 0) is 38.3 Å². The van der Waals surface area contributed by atoms with Gasteiger partial charge in [-0.25, -0.2) is 0 Å². The van der Waals surface area contributed by atoms with Crippen LogP contribution in [-0.4, -0.2) is 31.6 Å². The second-order valence-electron chi connectivity index (χ2n) is 7.51. The molecule has 0 saturated heterocycles. The van der Waals surface area contributed by atoms with E-state index in [1.54, 1.807) is 11.3 Å². The van der Waals surface area contributed by atoms with Gasteiger partial charge in [0.05, 0.1) is 12.1 Å². The van der Waals surface area contributed by atoms with Gasteiger partial charge < -0.3 is 10.8 Å². The fraction of sp³-hybridized carbons (Fsp3) is 0.304. The van der Waals surface area contributed by atoms with Crippen molar-refractivity contribution in [1.82, 2.24) is 14.8 Å². The van der Waals surface area contributed by atoms with Gasteiger partial charge >= 0.3 is 5.97 Å². The molecule has 0 aliphatic carbocycles. The van der Waals surface area contributed by atoms with Crippen molar-refractivity contribution < 1.29 is 9.90 Å². The van der Waals surface area contributed by atoms with Gasteiger partial charge in [0.25, 0.3) is 0 Å². The second-order valence-corrected chi connectivity index (χ2v) is 8.72. The molecule has 1 aliphatic heterocycles. The van der Waals surface area contributed by atoms with Crippen molar-refractivity contribution in [3.63, 3.8) is 0 Å². The Kier molecular flexibility index (Phi) is 5.61. The molecule has 1 aromatic carbocycles. The van der Waals surface area contributed by atoms with Crippen LogP contribution in [0.25, 0.3) is 5.00 Å². The Morgan fingerprint density at radius 2 is 1.97 bits per heavy atom. The first-order valence-electron chi connectivity index (χ1n) is 10.0. The molecule has 1 aliphatic rings. The summed E-state index contributed by atoms with van der Waals surface area (Å²) >= 11 is 1.66. The van der Waals surface area contributed by atoms with Gasteiger partial charge in [0.2, 0.25) is 0 Å². The fourth-order valence-electron chi connectivity index (χ4n) is 3.80. The van der Waals surface area contributed by atoms with Crippen LogP contribution < -0.4 is 5.73 Å². The number of aliphatic carboxylic acids is 1. The highest BCUT2D eigenvalue weighted by atomic mass is 32.1. The quantitative estimate of drug-likeness (QED) is 0.473. The van der Waals surface area contributed by atoms with Crippen LogP contribution in [0.15, 0.2) is 29.3 Å². The molecule has 2 aromatic heterocycles. The van der Waals surface area contributed by atoms with Crippen LogP contribution in [0.2, 0.25) is 0 Å². The standard InChI is InChI=1S/C23H23N5O2S/c1-13-14(2)31-23-20(13)21(17-9-7-16(8-10-17)6-4-5-11-24)25-18(12-19(29)30)22-27-26-15(3)28(22)23/h7-10,18H,4,6,12,24H2,1-3H3,(H,29,30)/t18-/m0/s1. The Labute approximate surface area is 184 Å². The number of thiophene rings is 1. The van der Waals surface area contributed by atoms with Crippen molar-refractivity contribution in [2.75, 3.05) is 0 Å². The van der Waals surface area contributed by atoms with Gasteiger partial charge in [-0.2, -0.15) is 0 Å². The molecule has 7 nitrogen and oxygen atoms in total. The lowest BCUT2D eigenvalue weighted by molar-refractivity contribution is -0.137. The van der Waals surface area contributed by atoms with E-state index in [0.29, 0.717) is 12.2 Å². The Morgan fingerprint density at radius 1 is 1.23 bits per heavy atom. The number of aliphatic imine (C=N–C) groups is 1. The van der Waals surface area contributed by atoms with Gasteiger partial charge in [0.15, 0.2) is 5.82 Å². The summed E-state index contributed by atoms with van der Waals surface area (Å²) in [5, 5.41) is 19.0. The summed E-state index contributed by atoms with van der Waals surface area (Å²) in [5.41, 5.74) is 10.3. The topological polar surface area (TPSA) is 106 Å². The third-order valence-corrected chi connectivity index (χ3v) is 6.67. The summed E-state index contributed by atoms with van der Waals surface area (Å²) in [6.45, 7) is 6.05. The second kappa shape index (κ2) is 8.36. The summed E-state index contributed by atoms with van der Waals surface area (Å²) in [6, 6.07) is 10.0. The van der Waals surface area contributed by atoms with E-state index >= 15 is 0 Å². The molecule has 0 saturated carbocycles. The van der Waals surface area contributed by atoms with Crippen LogP contribution in [-0.2, 0) is 11.2 Å². The number of carbonyl (C=O) groups is 1. The third kappa shape index (κ3) is 3.84. The molecule has 3 N–H and O–H groups in total. The molecule has 8 heteroatoms. The number of aromatic nitrogens is 3. The minimum absolute atomic E-state index is 0.148. The maximum atomic E-state index is 11.6. The first-order chi connectivity index (χ1) is 14.9. The van der Waals surface area contributed by atoms with Gasteiger partial charge in [-0.1, -0.05) is 30.2 Å². The van der Waals surface area contributed by atoms with E-state index in [2.05, 4.69) is 48.1 Å². The molecule has 3 aromatic rings. The smallest absolute Gasteiger partial charge is 0.306 e. The van der Waals surface area contributed by atoms with E-state index in [1.165, 1.54) is 4.88 Å². The Morgan fingerprint density at radius 3 is 2.65 bits per heavy atom. The maximum absolute atomic E-state index is 11.6. The molecule has 0 unspecified atom stereocenters. The molecule has 3 heterocycles. The van der Waals surface area contributed by atoms with Crippen molar-refractivity contribution in [2.24, 2.45) is 10.7 Å². The largest absolute Gasteiger partial charge is 0.481 e. The lowest BCUT2D eigenvalue weighted by Crippen LogP contribution is -2.10. The molecular formula is C23H23N5O2S. The number of rotatable bonds is 5. The van der Waals surface area contributed by atoms with Gasteiger partial charge in [0.1, 0.15) is 16.9 Å². The highest BCUT2D eigenvalue weighted by molar-refractivity contribution is 7.15. The lowest BCUT2D eigenvalue weighted by atomic mass is 9.98. The number of hydrogen-bond donors (Lipinski definition) is 2. The highest BCUT2D eigenvalue weighted by Crippen LogP contribution is 2.39. The molecule has 4 rings (SSSR count). The first kappa shape index (κ1) is 20.8. The number of nitrogens with zero attached hydrogens (tertiary/aromatic N) is 4. The SMILES string of the molecule is Cc1sc2c(c1C)C(c1ccc(CCC#CN)cc1)=N[C@@H](CC(=O)O)c1nnc(C)n1-2. The predicted molar refractivity (Wildman–Crippen MR) is 121 cm³/mol. The maximum Gasteiger partial charge on any atom is 0.306 e. The minimum atomic E-state index is -0.921. The average molecular weight is 434 g/mol. The van der Waals surface area contributed by atoms with Crippen molar-refractivity contribution in [3.8, 4) is 17.0 Å². The van der Waals surface area contributed by atoms with Crippen LogP contribution >= 0.6 is 11.3 Å². The average Bonchev–Trinajstić information content (AvgIpc) is 3.21. The summed E-state index contributed by atoms with van der Waals surface area (Å²) in [5.74, 6) is 3.24. The van der Waals surface area contributed by atoms with Gasteiger partial charge in [-0.3, -0.25) is 14.4 Å². The molecular weight excluding hydrogens is 410 g/mol. The summed E-state index contributed by atoms with van der Waals surface area (Å²) in [4.78, 5) is 17.7. The summed E-state index contributed by atoms with van der Waals surface area (Å²) in [6.07, 6.45) is 1.38. The number of fused-ring (bicyclic) bond motifs is 3. The molecule has 0 spiro atoms. The molecule has 31 heavy (non-hydrogen) atoms. The minimum Gasteiger partial charge on any atom is -0.481 e. The van der Waals surface area contributed by atoms with Crippen LogP contribution in [0.5, 0.6) is 0 Å². The number of aryl methyl sites for hydroxylation is 3. The lowest BCUT2D eigenvalue weighted by Gasteiger charge is -2.11. The number of carboxylic acids is 1. The zero-order valence-electron chi connectivity index (χ0n) is 17.6. The van der Waals surface area contributed by atoms with E-state index in [-0.39, 0.29) is 6.42 Å². The van der Waals surface area contributed by atoms with Crippen LogP contribution in [0.4, 0.5) is 0 Å². The van der Waals surface area contributed by atoms with E-state index in [9.17, 15) is 9.90 Å². The highest BCUT2D eigenvalue weighted by Gasteiger charge is 2.32. The Hall–Kier alpha value is -3.44. The first-order valence-corrected chi connectivity index (χ1v) is 10.8. The summed E-state index contributed by atoms with van der Waals surface area (Å²) in [7, 11) is 0. The molecule has 1 atom stereocenters. The van der Waals surface area contributed by atoms with Gasteiger partial charge in [0, 0.05) is 28.5 Å². The van der Waals surface area contributed by atoms with Crippen molar-refractivity contribution in [1.29, 1.82) is 0 Å². The van der Waals surface area contributed by atoms with Crippen molar-refractivity contribution in [3.05, 3.63) is 63.0 Å². The van der Waals surface area contributed by atoms with Crippen LogP contribution in [0, 0.1) is 32.7 Å².